The van der Waals surface area contributed by atoms with Gasteiger partial charge >= 0.3 is 0 Å². The number of nitrogens with zero attached hydrogens (tertiary/aromatic N) is 1. The van der Waals surface area contributed by atoms with Crippen molar-refractivity contribution in [3.63, 3.8) is 0 Å². The van der Waals surface area contributed by atoms with Gasteiger partial charge in [0.25, 0.3) is 5.91 Å². The topological polar surface area (TPSA) is 71.3 Å². The average molecular weight is 379 g/mol. The molecule has 0 aliphatic carbocycles. The van der Waals surface area contributed by atoms with Gasteiger partial charge in [-0.05, 0) is 60.7 Å². The molecule has 0 spiro atoms. The van der Waals surface area contributed by atoms with Crippen LogP contribution in [0.15, 0.2) is 66.7 Å². The van der Waals surface area contributed by atoms with Crippen LogP contribution >= 0.6 is 11.6 Å². The fraction of sp³-hybridized carbons (Fsp3) is 0.0476. The molecule has 1 amide bonds. The minimum Gasteiger partial charge on any atom is -0.497 e. The maximum absolute atomic E-state index is 12.5. The Balaban J connectivity index is 1.85. The first-order chi connectivity index (χ1) is 13.1. The Labute approximate surface area is 161 Å². The molecule has 3 aromatic carbocycles. The van der Waals surface area contributed by atoms with E-state index in [-0.39, 0.29) is 5.91 Å². The van der Waals surface area contributed by atoms with E-state index in [9.17, 15) is 4.79 Å². The van der Waals surface area contributed by atoms with Crippen molar-refractivity contribution in [2.75, 3.05) is 12.4 Å². The van der Waals surface area contributed by atoms with Crippen LogP contribution in [0.4, 0.5) is 5.69 Å². The molecule has 134 valence electrons. The Bertz CT molecular complexity index is 1010. The summed E-state index contributed by atoms with van der Waals surface area (Å²) in [5.41, 5.74) is 1.19. The van der Waals surface area contributed by atoms with Crippen LogP contribution < -0.4 is 14.8 Å². The van der Waals surface area contributed by atoms with Gasteiger partial charge in [0, 0.05) is 10.6 Å². The molecule has 0 unspecified atom stereocenters. The molecule has 3 aromatic rings. The highest BCUT2D eigenvalue weighted by molar-refractivity contribution is 6.31. The number of carbonyl (C=O) groups excluding carboxylic acids is 1. The number of carbonyl (C=O) groups is 1. The summed E-state index contributed by atoms with van der Waals surface area (Å²) in [6, 6.07) is 20.5. The van der Waals surface area contributed by atoms with Gasteiger partial charge in [-0.3, -0.25) is 4.79 Å². The van der Waals surface area contributed by atoms with Gasteiger partial charge in [0.1, 0.15) is 11.5 Å². The monoisotopic (exact) mass is 378 g/mol. The fourth-order valence-corrected chi connectivity index (χ4v) is 2.56. The van der Waals surface area contributed by atoms with E-state index in [2.05, 4.69) is 5.32 Å². The molecule has 0 saturated heterocycles. The molecule has 0 radical (unpaired) electrons. The van der Waals surface area contributed by atoms with Crippen LogP contribution in [-0.4, -0.2) is 13.0 Å². The Morgan fingerprint density at radius 1 is 1.04 bits per heavy atom. The zero-order valence-corrected chi connectivity index (χ0v) is 15.2. The lowest BCUT2D eigenvalue weighted by atomic mass is 10.1. The highest BCUT2D eigenvalue weighted by atomic mass is 35.5. The number of benzene rings is 3. The van der Waals surface area contributed by atoms with E-state index in [0.717, 1.165) is 0 Å². The van der Waals surface area contributed by atoms with Crippen molar-refractivity contribution in [2.24, 2.45) is 0 Å². The summed E-state index contributed by atoms with van der Waals surface area (Å²) in [5, 5.41) is 12.2. The van der Waals surface area contributed by atoms with Gasteiger partial charge in [0.05, 0.1) is 24.4 Å². The summed E-state index contributed by atoms with van der Waals surface area (Å²) < 4.78 is 11.0. The van der Waals surface area contributed by atoms with Crippen LogP contribution in [-0.2, 0) is 0 Å². The molecule has 0 bridgehead atoms. The van der Waals surface area contributed by atoms with E-state index >= 15 is 0 Å². The molecule has 1 N–H and O–H groups in total. The highest BCUT2D eigenvalue weighted by Gasteiger charge is 2.12. The van der Waals surface area contributed by atoms with Crippen LogP contribution in [0.2, 0.25) is 5.02 Å². The van der Waals surface area contributed by atoms with Crippen molar-refractivity contribution in [3.05, 3.63) is 82.9 Å². The van der Waals surface area contributed by atoms with E-state index in [1.807, 2.05) is 6.07 Å². The summed E-state index contributed by atoms with van der Waals surface area (Å²) in [6.45, 7) is 0. The second-order valence-electron chi connectivity index (χ2n) is 5.56. The molecular weight excluding hydrogens is 364 g/mol. The summed E-state index contributed by atoms with van der Waals surface area (Å²) in [6.07, 6.45) is 0. The third-order valence-corrected chi connectivity index (χ3v) is 3.97. The number of hydrogen-bond acceptors (Lipinski definition) is 4. The molecule has 0 saturated carbocycles. The lowest BCUT2D eigenvalue weighted by Gasteiger charge is -2.13. The van der Waals surface area contributed by atoms with Crippen LogP contribution in [0, 0.1) is 11.3 Å². The maximum atomic E-state index is 12.5. The van der Waals surface area contributed by atoms with Gasteiger partial charge in [0.2, 0.25) is 0 Å². The summed E-state index contributed by atoms with van der Waals surface area (Å²) in [7, 11) is 1.59. The standard InChI is InChI=1S/C21H15ClN2O3/c1-26-17-6-8-18(9-7-17)27-20-10-5-16(22)12-19(20)24-21(25)15-4-2-3-14(11-15)13-23/h2-12H,1H3,(H,24,25). The van der Waals surface area contributed by atoms with Crippen LogP contribution in [0.3, 0.4) is 0 Å². The number of nitrogens with one attached hydrogen (secondary N) is 1. The highest BCUT2D eigenvalue weighted by Crippen LogP contribution is 2.33. The molecule has 3 rings (SSSR count). The predicted molar refractivity (Wildman–Crippen MR) is 104 cm³/mol. The second-order valence-corrected chi connectivity index (χ2v) is 6.00. The Morgan fingerprint density at radius 3 is 2.48 bits per heavy atom. The quantitative estimate of drug-likeness (QED) is 0.656. The number of halogens is 1. The smallest absolute Gasteiger partial charge is 0.255 e. The number of ether oxygens (including phenoxy) is 2. The van der Waals surface area contributed by atoms with Crippen molar-refractivity contribution < 1.29 is 14.3 Å². The second kappa shape index (κ2) is 8.26. The molecule has 0 fully saturated rings. The zero-order valence-electron chi connectivity index (χ0n) is 14.4. The van der Waals surface area contributed by atoms with E-state index in [4.69, 9.17) is 26.3 Å². The number of nitriles is 1. The summed E-state index contributed by atoms with van der Waals surface area (Å²) in [5.74, 6) is 1.37. The van der Waals surface area contributed by atoms with Gasteiger partial charge in [-0.1, -0.05) is 17.7 Å². The number of hydrogen-bond donors (Lipinski definition) is 1. The molecule has 0 aromatic heterocycles. The molecule has 0 aliphatic rings. The van der Waals surface area contributed by atoms with Crippen molar-refractivity contribution in [1.82, 2.24) is 0 Å². The van der Waals surface area contributed by atoms with Crippen LogP contribution in [0.25, 0.3) is 0 Å². The number of anilines is 1. The van der Waals surface area contributed by atoms with Gasteiger partial charge in [-0.15, -0.1) is 0 Å². The normalized spacial score (nSPS) is 9.96. The molecule has 0 aliphatic heterocycles. The predicted octanol–water partition coefficient (Wildman–Crippen LogP) is 5.26. The molecular formula is C21H15ClN2O3. The number of amides is 1. The molecule has 6 heteroatoms. The minimum atomic E-state index is -0.367. The average Bonchev–Trinajstić information content (AvgIpc) is 2.70. The Hall–Kier alpha value is -3.49. The van der Waals surface area contributed by atoms with E-state index in [1.54, 1.807) is 67.8 Å². The zero-order chi connectivity index (χ0) is 19.2. The first-order valence-corrected chi connectivity index (χ1v) is 8.40. The van der Waals surface area contributed by atoms with Gasteiger partial charge in [-0.25, -0.2) is 0 Å². The summed E-state index contributed by atoms with van der Waals surface area (Å²) >= 11 is 6.07. The van der Waals surface area contributed by atoms with E-state index in [0.29, 0.717) is 39.1 Å². The van der Waals surface area contributed by atoms with Gasteiger partial charge in [0.15, 0.2) is 5.75 Å². The SMILES string of the molecule is COc1ccc(Oc2ccc(Cl)cc2NC(=O)c2cccc(C#N)c2)cc1. The molecule has 0 heterocycles. The molecule has 0 atom stereocenters. The largest absolute Gasteiger partial charge is 0.497 e. The van der Waals surface area contributed by atoms with E-state index in [1.165, 1.54) is 6.07 Å². The van der Waals surface area contributed by atoms with Crippen molar-refractivity contribution in [3.8, 4) is 23.3 Å². The van der Waals surface area contributed by atoms with Gasteiger partial charge in [-0.2, -0.15) is 5.26 Å². The van der Waals surface area contributed by atoms with Crippen molar-refractivity contribution in [2.45, 2.75) is 0 Å². The molecule has 27 heavy (non-hydrogen) atoms. The maximum Gasteiger partial charge on any atom is 0.255 e. The first kappa shape index (κ1) is 18.3. The number of methoxy groups -OCH3 is 1. The van der Waals surface area contributed by atoms with Gasteiger partial charge < -0.3 is 14.8 Å². The Morgan fingerprint density at radius 2 is 1.78 bits per heavy atom. The first-order valence-electron chi connectivity index (χ1n) is 8.02. The number of rotatable bonds is 5. The minimum absolute atomic E-state index is 0.365. The molecule has 5 nitrogen and oxygen atoms in total. The lowest BCUT2D eigenvalue weighted by molar-refractivity contribution is 0.102. The van der Waals surface area contributed by atoms with Crippen LogP contribution in [0.5, 0.6) is 17.2 Å². The summed E-state index contributed by atoms with van der Waals surface area (Å²) in [4.78, 5) is 12.5. The van der Waals surface area contributed by atoms with E-state index < -0.39 is 0 Å². The van der Waals surface area contributed by atoms with Crippen LogP contribution in [0.1, 0.15) is 15.9 Å². The third kappa shape index (κ3) is 4.57. The fourth-order valence-electron chi connectivity index (χ4n) is 2.38. The lowest BCUT2D eigenvalue weighted by Crippen LogP contribution is -2.12. The van der Waals surface area contributed by atoms with Crippen molar-refractivity contribution >= 4 is 23.2 Å². The third-order valence-electron chi connectivity index (χ3n) is 3.73. The van der Waals surface area contributed by atoms with Crippen molar-refractivity contribution in [1.29, 1.82) is 5.26 Å². The Kier molecular flexibility index (Phi) is 5.60.